The lowest BCUT2D eigenvalue weighted by atomic mass is 9.95. The number of benzene rings is 3. The highest BCUT2D eigenvalue weighted by atomic mass is 35.5. The molecule has 0 aromatic heterocycles. The van der Waals surface area contributed by atoms with E-state index in [0.717, 1.165) is 16.8 Å². The summed E-state index contributed by atoms with van der Waals surface area (Å²) in [7, 11) is -3.89. The van der Waals surface area contributed by atoms with Crippen LogP contribution in [0.3, 0.4) is 0 Å². The van der Waals surface area contributed by atoms with Crippen molar-refractivity contribution in [2.75, 3.05) is 31.1 Å². The number of hydrogen-bond acceptors (Lipinski definition) is 4. The zero-order valence-corrected chi connectivity index (χ0v) is 20.3. The SMILES string of the molecule is O=C([C@H]1Cc2ccccc2CN1S(=O)(=O)c1ccc(Cl)cc1)N1CCN(c2ccccc2)CC1. The molecule has 0 saturated carbocycles. The first-order valence-corrected chi connectivity index (χ1v) is 13.2. The van der Waals surface area contributed by atoms with E-state index in [4.69, 9.17) is 11.6 Å². The van der Waals surface area contributed by atoms with E-state index in [2.05, 4.69) is 17.0 Å². The van der Waals surface area contributed by atoms with Crippen LogP contribution in [0, 0.1) is 0 Å². The van der Waals surface area contributed by atoms with Gasteiger partial charge in [-0.15, -0.1) is 0 Å². The van der Waals surface area contributed by atoms with Gasteiger partial charge in [0.2, 0.25) is 15.9 Å². The van der Waals surface area contributed by atoms with Gasteiger partial charge in [-0.1, -0.05) is 54.1 Å². The molecule has 2 heterocycles. The lowest BCUT2D eigenvalue weighted by Gasteiger charge is -2.41. The third kappa shape index (κ3) is 4.43. The fourth-order valence-corrected chi connectivity index (χ4v) is 6.42. The third-order valence-corrected chi connectivity index (χ3v) is 8.74. The molecular formula is C26H26ClN3O3S. The van der Waals surface area contributed by atoms with Crippen LogP contribution in [-0.2, 0) is 27.8 Å². The molecule has 34 heavy (non-hydrogen) atoms. The number of carbonyl (C=O) groups excluding carboxylic acids is 1. The molecule has 0 spiro atoms. The molecule has 0 radical (unpaired) electrons. The van der Waals surface area contributed by atoms with Crippen LogP contribution >= 0.6 is 11.6 Å². The molecule has 2 aliphatic rings. The molecule has 0 aliphatic carbocycles. The number of amides is 1. The minimum absolute atomic E-state index is 0.139. The first-order valence-electron chi connectivity index (χ1n) is 11.4. The summed E-state index contributed by atoms with van der Waals surface area (Å²) in [6.07, 6.45) is 0.362. The fraction of sp³-hybridized carbons (Fsp3) is 0.269. The van der Waals surface area contributed by atoms with Crippen molar-refractivity contribution in [3.63, 3.8) is 0 Å². The maximum Gasteiger partial charge on any atom is 0.244 e. The van der Waals surface area contributed by atoms with E-state index in [1.807, 2.05) is 47.4 Å². The van der Waals surface area contributed by atoms with Crippen LogP contribution < -0.4 is 4.90 Å². The molecule has 3 aromatic rings. The number of nitrogens with zero attached hydrogens (tertiary/aromatic N) is 3. The molecule has 1 saturated heterocycles. The summed E-state index contributed by atoms with van der Waals surface area (Å²) in [6, 6.07) is 23.2. The molecule has 176 valence electrons. The predicted octanol–water partition coefficient (Wildman–Crippen LogP) is 3.80. The Balaban J connectivity index is 1.41. The summed E-state index contributed by atoms with van der Waals surface area (Å²) in [6.45, 7) is 2.70. The minimum atomic E-state index is -3.89. The number of sulfonamides is 1. The Bertz CT molecular complexity index is 1270. The maximum absolute atomic E-state index is 13.7. The molecule has 2 aliphatic heterocycles. The number of para-hydroxylation sites is 1. The van der Waals surface area contributed by atoms with Gasteiger partial charge in [0.25, 0.3) is 0 Å². The van der Waals surface area contributed by atoms with Gasteiger partial charge in [-0.25, -0.2) is 8.42 Å². The van der Waals surface area contributed by atoms with Gasteiger partial charge >= 0.3 is 0 Å². The maximum atomic E-state index is 13.7. The molecule has 6 nitrogen and oxygen atoms in total. The number of hydrogen-bond donors (Lipinski definition) is 0. The van der Waals surface area contributed by atoms with Crippen LogP contribution in [0.25, 0.3) is 0 Å². The Morgan fingerprint density at radius 3 is 2.09 bits per heavy atom. The van der Waals surface area contributed by atoms with E-state index in [1.165, 1.54) is 16.4 Å². The van der Waals surface area contributed by atoms with E-state index in [-0.39, 0.29) is 17.3 Å². The van der Waals surface area contributed by atoms with Crippen molar-refractivity contribution in [3.8, 4) is 0 Å². The van der Waals surface area contributed by atoms with Crippen molar-refractivity contribution in [1.82, 2.24) is 9.21 Å². The van der Waals surface area contributed by atoms with Gasteiger partial charge < -0.3 is 9.80 Å². The predicted molar refractivity (Wildman–Crippen MR) is 133 cm³/mol. The number of halogens is 1. The molecule has 3 aromatic carbocycles. The Morgan fingerprint density at radius 2 is 1.41 bits per heavy atom. The van der Waals surface area contributed by atoms with Gasteiger partial charge in [0.1, 0.15) is 6.04 Å². The standard InChI is InChI=1S/C26H26ClN3O3S/c27-22-10-12-24(13-11-22)34(32,33)30-19-21-7-5-4-6-20(21)18-25(30)26(31)29-16-14-28(15-17-29)23-8-2-1-3-9-23/h1-13,25H,14-19H2/t25-/m1/s1. The van der Waals surface area contributed by atoms with Crippen molar-refractivity contribution in [2.24, 2.45) is 0 Å². The number of carbonyl (C=O) groups is 1. The third-order valence-electron chi connectivity index (χ3n) is 6.62. The summed E-state index contributed by atoms with van der Waals surface area (Å²) < 4.78 is 28.7. The Labute approximate surface area is 205 Å². The van der Waals surface area contributed by atoms with E-state index in [1.54, 1.807) is 12.1 Å². The van der Waals surface area contributed by atoms with Gasteiger partial charge in [-0.3, -0.25) is 4.79 Å². The summed E-state index contributed by atoms with van der Waals surface area (Å²) in [4.78, 5) is 17.9. The van der Waals surface area contributed by atoms with Gasteiger partial charge in [0, 0.05) is 43.4 Å². The van der Waals surface area contributed by atoms with Crippen molar-refractivity contribution in [3.05, 3.63) is 95.0 Å². The lowest BCUT2D eigenvalue weighted by Crippen LogP contribution is -2.57. The Kier molecular flexibility index (Phi) is 6.34. The summed E-state index contributed by atoms with van der Waals surface area (Å²) in [5.74, 6) is -0.139. The monoisotopic (exact) mass is 495 g/mol. The molecule has 8 heteroatoms. The number of fused-ring (bicyclic) bond motifs is 1. The summed E-state index contributed by atoms with van der Waals surface area (Å²) in [5, 5.41) is 0.465. The van der Waals surface area contributed by atoms with Crippen LogP contribution in [0.1, 0.15) is 11.1 Å². The van der Waals surface area contributed by atoms with E-state index in [9.17, 15) is 13.2 Å². The molecule has 5 rings (SSSR count). The van der Waals surface area contributed by atoms with E-state index in [0.29, 0.717) is 37.6 Å². The Morgan fingerprint density at radius 1 is 0.794 bits per heavy atom. The number of anilines is 1. The molecule has 1 atom stereocenters. The quantitative estimate of drug-likeness (QED) is 0.552. The van der Waals surface area contributed by atoms with Crippen molar-refractivity contribution >= 4 is 33.2 Å². The number of rotatable bonds is 4. The molecule has 0 N–H and O–H groups in total. The van der Waals surface area contributed by atoms with Crippen molar-refractivity contribution in [2.45, 2.75) is 23.9 Å². The zero-order valence-electron chi connectivity index (χ0n) is 18.7. The second-order valence-corrected chi connectivity index (χ2v) is 11.0. The molecule has 0 unspecified atom stereocenters. The highest BCUT2D eigenvalue weighted by Crippen LogP contribution is 2.31. The van der Waals surface area contributed by atoms with E-state index < -0.39 is 16.1 Å². The average Bonchev–Trinajstić information content (AvgIpc) is 2.88. The highest BCUT2D eigenvalue weighted by Gasteiger charge is 2.41. The summed E-state index contributed by atoms with van der Waals surface area (Å²) in [5.41, 5.74) is 3.08. The van der Waals surface area contributed by atoms with Crippen LogP contribution in [0.2, 0.25) is 5.02 Å². The van der Waals surface area contributed by atoms with E-state index >= 15 is 0 Å². The number of piperazine rings is 1. The fourth-order valence-electron chi connectivity index (χ4n) is 4.74. The van der Waals surface area contributed by atoms with Crippen LogP contribution in [0.4, 0.5) is 5.69 Å². The Hall–Kier alpha value is -2.87. The van der Waals surface area contributed by atoms with Crippen LogP contribution in [-0.4, -0.2) is 55.8 Å². The first-order chi connectivity index (χ1) is 16.4. The van der Waals surface area contributed by atoms with Gasteiger partial charge in [0.05, 0.1) is 4.90 Å². The van der Waals surface area contributed by atoms with Gasteiger partial charge in [0.15, 0.2) is 0 Å². The highest BCUT2D eigenvalue weighted by molar-refractivity contribution is 7.89. The minimum Gasteiger partial charge on any atom is -0.368 e. The molecule has 0 bridgehead atoms. The normalized spacial score (nSPS) is 19.0. The smallest absolute Gasteiger partial charge is 0.244 e. The molecular weight excluding hydrogens is 470 g/mol. The largest absolute Gasteiger partial charge is 0.368 e. The average molecular weight is 496 g/mol. The topological polar surface area (TPSA) is 60.9 Å². The first kappa shape index (κ1) is 22.9. The van der Waals surface area contributed by atoms with Crippen molar-refractivity contribution < 1.29 is 13.2 Å². The zero-order chi connectivity index (χ0) is 23.7. The van der Waals surface area contributed by atoms with Gasteiger partial charge in [-0.2, -0.15) is 4.31 Å². The van der Waals surface area contributed by atoms with Gasteiger partial charge in [-0.05, 0) is 53.9 Å². The lowest BCUT2D eigenvalue weighted by molar-refractivity contribution is -0.136. The molecule has 1 fully saturated rings. The second kappa shape index (κ2) is 9.41. The van der Waals surface area contributed by atoms with Crippen LogP contribution in [0.15, 0.2) is 83.8 Å². The van der Waals surface area contributed by atoms with Crippen molar-refractivity contribution in [1.29, 1.82) is 0 Å². The second-order valence-electron chi connectivity index (χ2n) is 8.64. The summed E-state index contributed by atoms with van der Waals surface area (Å²) >= 11 is 5.98. The molecule has 1 amide bonds. The van der Waals surface area contributed by atoms with Crippen LogP contribution in [0.5, 0.6) is 0 Å².